The van der Waals surface area contributed by atoms with Crippen LogP contribution in [-0.2, 0) is 6.54 Å². The minimum Gasteiger partial charge on any atom is -0.368 e. The summed E-state index contributed by atoms with van der Waals surface area (Å²) in [6.45, 7) is 1.42. The maximum atomic E-state index is 10.9. The number of nitrogens with one attached hydrogen (secondary N) is 2. The zero-order valence-electron chi connectivity index (χ0n) is 8.05. The molecule has 0 unspecified atom stereocenters. The summed E-state index contributed by atoms with van der Waals surface area (Å²) in [6.07, 6.45) is 4.98. The van der Waals surface area contributed by atoms with Gasteiger partial charge in [0.05, 0.1) is 12.9 Å². The van der Waals surface area contributed by atoms with Crippen molar-refractivity contribution in [3.8, 4) is 0 Å². The molecule has 2 heterocycles. The van der Waals surface area contributed by atoms with Crippen LogP contribution in [0.4, 0.5) is 5.82 Å². The second-order valence-corrected chi connectivity index (χ2v) is 2.99. The minimum absolute atomic E-state index is 0.161. The Morgan fingerprint density at radius 1 is 1.53 bits per heavy atom. The van der Waals surface area contributed by atoms with Crippen molar-refractivity contribution in [1.82, 2.24) is 19.7 Å². The van der Waals surface area contributed by atoms with Gasteiger partial charge in [0.1, 0.15) is 5.82 Å². The molecule has 2 rings (SSSR count). The molecule has 2 N–H and O–H groups in total. The second-order valence-electron chi connectivity index (χ2n) is 2.99. The molecular weight excluding hydrogens is 194 g/mol. The summed E-state index contributed by atoms with van der Waals surface area (Å²) < 4.78 is 1.81. The third-order valence-electron chi connectivity index (χ3n) is 1.88. The van der Waals surface area contributed by atoms with Crippen molar-refractivity contribution in [2.45, 2.75) is 6.54 Å². The lowest BCUT2D eigenvalue weighted by Crippen LogP contribution is -2.14. The maximum Gasteiger partial charge on any atom is 0.252 e. The Bertz CT molecular complexity index is 461. The molecular formula is C9H11N5O. The highest BCUT2D eigenvalue weighted by Gasteiger charge is 1.94. The number of rotatable bonds is 4. The third kappa shape index (κ3) is 2.67. The standard InChI is InChI=1S/C9H11N5O/c15-9-6-8(11-7-12-9)10-3-5-14-4-1-2-13-14/h1-2,4,6-7H,3,5H2,(H2,10,11,12,15). The Hall–Kier alpha value is -2.11. The molecule has 0 spiro atoms. The summed E-state index contributed by atoms with van der Waals surface area (Å²) in [5.41, 5.74) is -0.161. The van der Waals surface area contributed by atoms with E-state index in [1.54, 1.807) is 10.9 Å². The van der Waals surface area contributed by atoms with Gasteiger partial charge in [0, 0.05) is 25.0 Å². The van der Waals surface area contributed by atoms with E-state index in [-0.39, 0.29) is 5.56 Å². The predicted molar refractivity (Wildman–Crippen MR) is 55.6 cm³/mol. The number of anilines is 1. The molecule has 78 valence electrons. The predicted octanol–water partition coefficient (Wildman–Crippen LogP) is 0.0785. The van der Waals surface area contributed by atoms with Gasteiger partial charge in [-0.25, -0.2) is 4.98 Å². The first-order valence-corrected chi connectivity index (χ1v) is 4.60. The minimum atomic E-state index is -0.161. The molecule has 0 aliphatic rings. The Morgan fingerprint density at radius 3 is 3.20 bits per heavy atom. The maximum absolute atomic E-state index is 10.9. The van der Waals surface area contributed by atoms with E-state index in [0.29, 0.717) is 12.4 Å². The Labute approximate surface area is 86.0 Å². The molecule has 2 aromatic rings. The van der Waals surface area contributed by atoms with Gasteiger partial charge in [0.25, 0.3) is 5.56 Å². The van der Waals surface area contributed by atoms with Crippen LogP contribution in [0.25, 0.3) is 0 Å². The van der Waals surface area contributed by atoms with Gasteiger partial charge >= 0.3 is 0 Å². The van der Waals surface area contributed by atoms with Gasteiger partial charge in [-0.1, -0.05) is 0 Å². The zero-order chi connectivity index (χ0) is 10.5. The van der Waals surface area contributed by atoms with Crippen LogP contribution >= 0.6 is 0 Å². The molecule has 15 heavy (non-hydrogen) atoms. The fourth-order valence-corrected chi connectivity index (χ4v) is 1.20. The molecule has 2 aromatic heterocycles. The number of aromatic nitrogens is 4. The van der Waals surface area contributed by atoms with Gasteiger partial charge < -0.3 is 10.3 Å². The summed E-state index contributed by atoms with van der Waals surface area (Å²) >= 11 is 0. The van der Waals surface area contributed by atoms with E-state index >= 15 is 0 Å². The van der Waals surface area contributed by atoms with Crippen LogP contribution in [0.2, 0.25) is 0 Å². The number of hydrogen-bond acceptors (Lipinski definition) is 4. The van der Waals surface area contributed by atoms with Crippen molar-refractivity contribution in [1.29, 1.82) is 0 Å². The molecule has 0 saturated carbocycles. The molecule has 6 heteroatoms. The molecule has 0 aromatic carbocycles. The third-order valence-corrected chi connectivity index (χ3v) is 1.88. The number of nitrogens with zero attached hydrogens (tertiary/aromatic N) is 3. The summed E-state index contributed by atoms with van der Waals surface area (Å²) in [5, 5.41) is 7.09. The first kappa shape index (κ1) is 9.45. The van der Waals surface area contributed by atoms with Crippen LogP contribution in [-0.4, -0.2) is 26.3 Å². The van der Waals surface area contributed by atoms with Crippen LogP contribution in [0, 0.1) is 0 Å². The number of hydrogen-bond donors (Lipinski definition) is 2. The first-order valence-electron chi connectivity index (χ1n) is 4.60. The Kier molecular flexibility index (Phi) is 2.77. The van der Waals surface area contributed by atoms with Gasteiger partial charge in [0.2, 0.25) is 0 Å². The average Bonchev–Trinajstić information content (AvgIpc) is 2.71. The fourth-order valence-electron chi connectivity index (χ4n) is 1.20. The molecule has 0 amide bonds. The van der Waals surface area contributed by atoms with Crippen LogP contribution in [0.15, 0.2) is 35.6 Å². The van der Waals surface area contributed by atoms with E-state index < -0.39 is 0 Å². The Morgan fingerprint density at radius 2 is 2.47 bits per heavy atom. The SMILES string of the molecule is O=c1cc(NCCn2cccn2)nc[nH]1. The fraction of sp³-hybridized carbons (Fsp3) is 0.222. The highest BCUT2D eigenvalue weighted by molar-refractivity contribution is 5.31. The molecule has 0 aliphatic heterocycles. The summed E-state index contributed by atoms with van der Waals surface area (Å²) in [6, 6.07) is 3.29. The lowest BCUT2D eigenvalue weighted by atomic mass is 10.5. The van der Waals surface area contributed by atoms with Crippen molar-refractivity contribution < 1.29 is 0 Å². The van der Waals surface area contributed by atoms with Crippen molar-refractivity contribution in [3.63, 3.8) is 0 Å². The number of aromatic amines is 1. The molecule has 0 radical (unpaired) electrons. The van der Waals surface area contributed by atoms with Gasteiger partial charge in [0.15, 0.2) is 0 Å². The van der Waals surface area contributed by atoms with Gasteiger partial charge in [-0.15, -0.1) is 0 Å². The zero-order valence-corrected chi connectivity index (χ0v) is 8.05. The molecule has 0 fully saturated rings. The van der Waals surface area contributed by atoms with Crippen LogP contribution < -0.4 is 10.9 Å². The van der Waals surface area contributed by atoms with E-state index in [9.17, 15) is 4.79 Å². The second kappa shape index (κ2) is 4.41. The normalized spacial score (nSPS) is 10.1. The van der Waals surface area contributed by atoms with Crippen molar-refractivity contribution >= 4 is 5.82 Å². The molecule has 0 bridgehead atoms. The largest absolute Gasteiger partial charge is 0.368 e. The molecule has 0 aliphatic carbocycles. The smallest absolute Gasteiger partial charge is 0.252 e. The summed E-state index contributed by atoms with van der Waals surface area (Å²) in [7, 11) is 0. The van der Waals surface area contributed by atoms with E-state index in [1.807, 2.05) is 12.3 Å². The van der Waals surface area contributed by atoms with Crippen LogP contribution in [0.1, 0.15) is 0 Å². The lowest BCUT2D eigenvalue weighted by Gasteiger charge is -2.04. The highest BCUT2D eigenvalue weighted by atomic mass is 16.1. The van der Waals surface area contributed by atoms with E-state index in [4.69, 9.17) is 0 Å². The summed E-state index contributed by atoms with van der Waals surface area (Å²) in [4.78, 5) is 17.3. The van der Waals surface area contributed by atoms with Gasteiger partial charge in [-0.2, -0.15) is 5.10 Å². The van der Waals surface area contributed by atoms with Gasteiger partial charge in [-0.05, 0) is 6.07 Å². The van der Waals surface area contributed by atoms with E-state index in [2.05, 4.69) is 20.4 Å². The molecule has 0 saturated heterocycles. The van der Waals surface area contributed by atoms with Crippen LogP contribution in [0.3, 0.4) is 0 Å². The first-order chi connectivity index (χ1) is 7.34. The monoisotopic (exact) mass is 205 g/mol. The van der Waals surface area contributed by atoms with Gasteiger partial charge in [-0.3, -0.25) is 9.48 Å². The van der Waals surface area contributed by atoms with Crippen molar-refractivity contribution in [3.05, 3.63) is 41.2 Å². The van der Waals surface area contributed by atoms with Crippen LogP contribution in [0.5, 0.6) is 0 Å². The highest BCUT2D eigenvalue weighted by Crippen LogP contribution is 1.94. The molecule has 0 atom stereocenters. The quantitative estimate of drug-likeness (QED) is 0.741. The van der Waals surface area contributed by atoms with E-state index in [0.717, 1.165) is 6.54 Å². The van der Waals surface area contributed by atoms with E-state index in [1.165, 1.54) is 12.4 Å². The van der Waals surface area contributed by atoms with Crippen molar-refractivity contribution in [2.24, 2.45) is 0 Å². The Balaban J connectivity index is 1.86. The van der Waals surface area contributed by atoms with Crippen molar-refractivity contribution in [2.75, 3.05) is 11.9 Å². The topological polar surface area (TPSA) is 75.6 Å². The lowest BCUT2D eigenvalue weighted by molar-refractivity contribution is 0.637. The molecule has 6 nitrogen and oxygen atoms in total. The number of H-pyrrole nitrogens is 1. The summed E-state index contributed by atoms with van der Waals surface area (Å²) in [5.74, 6) is 0.575. The average molecular weight is 205 g/mol.